The molecule has 98 valence electrons. The first-order chi connectivity index (χ1) is 8.70. The van der Waals surface area contributed by atoms with Crippen LogP contribution in [0.25, 0.3) is 0 Å². The van der Waals surface area contributed by atoms with Gasteiger partial charge in [0.05, 0.1) is 12.9 Å². The minimum absolute atomic E-state index is 0.116. The average Bonchev–Trinajstić information content (AvgIpc) is 2.41. The van der Waals surface area contributed by atoms with Crippen LogP contribution >= 0.6 is 0 Å². The van der Waals surface area contributed by atoms with Gasteiger partial charge in [-0.05, 0) is 42.5 Å². The largest absolute Gasteiger partial charge is 0.501 e. The quantitative estimate of drug-likeness (QED) is 0.638. The van der Waals surface area contributed by atoms with E-state index < -0.39 is 11.6 Å². The summed E-state index contributed by atoms with van der Waals surface area (Å²) in [5, 5.41) is 0. The minimum atomic E-state index is -0.837. The van der Waals surface area contributed by atoms with Crippen molar-refractivity contribution in [1.82, 2.24) is 5.43 Å². The van der Waals surface area contributed by atoms with Crippen LogP contribution in [0.4, 0.5) is 8.78 Å². The van der Waals surface area contributed by atoms with Gasteiger partial charge in [0.25, 0.3) is 0 Å². The molecule has 0 radical (unpaired) electrons. The van der Waals surface area contributed by atoms with Crippen LogP contribution in [0.3, 0.4) is 0 Å². The summed E-state index contributed by atoms with van der Waals surface area (Å²) in [6, 6.07) is 3.77. The number of nitrogens with one attached hydrogen (secondary N) is 1. The van der Waals surface area contributed by atoms with E-state index in [1.54, 1.807) is 12.3 Å². The zero-order valence-corrected chi connectivity index (χ0v) is 9.96. The molecule has 0 saturated heterocycles. The van der Waals surface area contributed by atoms with Gasteiger partial charge in [0, 0.05) is 6.04 Å². The van der Waals surface area contributed by atoms with Gasteiger partial charge in [-0.3, -0.25) is 11.3 Å². The van der Waals surface area contributed by atoms with Crippen LogP contribution < -0.4 is 11.3 Å². The fourth-order valence-corrected chi connectivity index (χ4v) is 2.04. The summed E-state index contributed by atoms with van der Waals surface area (Å²) >= 11 is 0. The number of ether oxygens (including phenoxy) is 1. The van der Waals surface area contributed by atoms with E-state index in [-0.39, 0.29) is 6.04 Å². The molecule has 3 N–H and O–H groups in total. The average molecular weight is 254 g/mol. The molecule has 3 nitrogen and oxygen atoms in total. The Morgan fingerprint density at radius 1 is 1.33 bits per heavy atom. The zero-order chi connectivity index (χ0) is 13.0. The van der Waals surface area contributed by atoms with E-state index >= 15 is 0 Å². The fraction of sp³-hybridized carbons (Fsp3) is 0.385. The molecule has 0 spiro atoms. The molecule has 18 heavy (non-hydrogen) atoms. The SMILES string of the molecule is NNC(Cc1ccc(F)c(F)c1)C1=COCCC1. The molecule has 0 aromatic heterocycles. The number of hydrogen-bond donors (Lipinski definition) is 2. The Bertz CT molecular complexity index is 449. The first kappa shape index (κ1) is 13.0. The molecule has 0 bridgehead atoms. The van der Waals surface area contributed by atoms with Gasteiger partial charge in [-0.25, -0.2) is 8.78 Å². The van der Waals surface area contributed by atoms with Crippen molar-refractivity contribution in [2.75, 3.05) is 6.61 Å². The molecule has 1 aromatic carbocycles. The highest BCUT2D eigenvalue weighted by Gasteiger charge is 2.17. The van der Waals surface area contributed by atoms with Crippen molar-refractivity contribution in [3.8, 4) is 0 Å². The van der Waals surface area contributed by atoms with E-state index in [4.69, 9.17) is 10.6 Å². The van der Waals surface area contributed by atoms with E-state index in [1.165, 1.54) is 6.07 Å². The van der Waals surface area contributed by atoms with Crippen LogP contribution in [0, 0.1) is 11.6 Å². The van der Waals surface area contributed by atoms with Crippen molar-refractivity contribution in [1.29, 1.82) is 0 Å². The molecule has 1 atom stereocenters. The molecule has 0 aliphatic carbocycles. The van der Waals surface area contributed by atoms with E-state index in [2.05, 4.69) is 5.43 Å². The van der Waals surface area contributed by atoms with Crippen LogP contribution in [-0.4, -0.2) is 12.6 Å². The molecule has 2 rings (SSSR count). The van der Waals surface area contributed by atoms with E-state index in [9.17, 15) is 8.78 Å². The fourth-order valence-electron chi connectivity index (χ4n) is 2.04. The Morgan fingerprint density at radius 3 is 2.78 bits per heavy atom. The summed E-state index contributed by atoms with van der Waals surface area (Å²) in [5.74, 6) is 3.83. The summed E-state index contributed by atoms with van der Waals surface area (Å²) in [6.07, 6.45) is 4.05. The van der Waals surface area contributed by atoms with Gasteiger partial charge in [-0.15, -0.1) is 0 Å². The van der Waals surface area contributed by atoms with E-state index in [0.29, 0.717) is 18.6 Å². The van der Waals surface area contributed by atoms with Crippen LogP contribution in [-0.2, 0) is 11.2 Å². The monoisotopic (exact) mass is 254 g/mol. The van der Waals surface area contributed by atoms with Crippen LogP contribution in [0.5, 0.6) is 0 Å². The molecule has 1 aliphatic heterocycles. The van der Waals surface area contributed by atoms with Crippen LogP contribution in [0.15, 0.2) is 30.0 Å². The Balaban J connectivity index is 2.09. The number of benzene rings is 1. The summed E-state index contributed by atoms with van der Waals surface area (Å²) in [6.45, 7) is 0.714. The second-order valence-corrected chi connectivity index (χ2v) is 4.34. The van der Waals surface area contributed by atoms with Crippen LogP contribution in [0.1, 0.15) is 18.4 Å². The maximum absolute atomic E-state index is 13.1. The number of rotatable bonds is 4. The Labute approximate surface area is 105 Å². The first-order valence-electron chi connectivity index (χ1n) is 5.91. The standard InChI is InChI=1S/C13H16F2N2O/c14-11-4-3-9(6-12(11)15)7-13(17-16)10-2-1-5-18-8-10/h3-4,6,8,13,17H,1-2,5,7,16H2. The summed E-state index contributed by atoms with van der Waals surface area (Å²) in [7, 11) is 0. The highest BCUT2D eigenvalue weighted by atomic mass is 19.2. The summed E-state index contributed by atoms with van der Waals surface area (Å²) in [4.78, 5) is 0. The summed E-state index contributed by atoms with van der Waals surface area (Å²) < 4.78 is 31.2. The number of hydrogen-bond acceptors (Lipinski definition) is 3. The topological polar surface area (TPSA) is 47.3 Å². The van der Waals surface area contributed by atoms with Gasteiger partial charge in [-0.2, -0.15) is 0 Å². The Morgan fingerprint density at radius 2 is 2.17 bits per heavy atom. The molecule has 1 aromatic rings. The van der Waals surface area contributed by atoms with Crippen molar-refractivity contribution in [2.45, 2.75) is 25.3 Å². The molecule has 1 unspecified atom stereocenters. The number of hydrazine groups is 1. The van der Waals surface area contributed by atoms with Crippen molar-refractivity contribution in [3.05, 3.63) is 47.2 Å². The third-order valence-electron chi connectivity index (χ3n) is 3.03. The van der Waals surface area contributed by atoms with Gasteiger partial charge in [0.1, 0.15) is 0 Å². The third kappa shape index (κ3) is 3.05. The van der Waals surface area contributed by atoms with Crippen LogP contribution in [0.2, 0.25) is 0 Å². The lowest BCUT2D eigenvalue weighted by molar-refractivity contribution is 0.219. The van der Waals surface area contributed by atoms with Crippen molar-refractivity contribution >= 4 is 0 Å². The lowest BCUT2D eigenvalue weighted by Gasteiger charge is -2.22. The molecule has 1 aliphatic rings. The Kier molecular flexibility index (Phi) is 4.28. The lowest BCUT2D eigenvalue weighted by Crippen LogP contribution is -2.39. The molecule has 0 amide bonds. The predicted molar refractivity (Wildman–Crippen MR) is 64.4 cm³/mol. The lowest BCUT2D eigenvalue weighted by atomic mass is 9.96. The molecule has 1 heterocycles. The van der Waals surface area contributed by atoms with Gasteiger partial charge in [-0.1, -0.05) is 6.07 Å². The van der Waals surface area contributed by atoms with Gasteiger partial charge in [0.15, 0.2) is 11.6 Å². The van der Waals surface area contributed by atoms with Gasteiger partial charge in [0.2, 0.25) is 0 Å². The zero-order valence-electron chi connectivity index (χ0n) is 9.96. The highest BCUT2D eigenvalue weighted by Crippen LogP contribution is 2.19. The molecule has 0 fully saturated rings. The maximum Gasteiger partial charge on any atom is 0.159 e. The van der Waals surface area contributed by atoms with Gasteiger partial charge < -0.3 is 4.74 Å². The third-order valence-corrected chi connectivity index (χ3v) is 3.03. The van der Waals surface area contributed by atoms with Crippen molar-refractivity contribution in [2.24, 2.45) is 5.84 Å². The molecule has 0 saturated carbocycles. The van der Waals surface area contributed by atoms with E-state index in [1.807, 2.05) is 0 Å². The molecule has 5 heteroatoms. The Hall–Kier alpha value is -1.46. The first-order valence-corrected chi connectivity index (χ1v) is 5.91. The second-order valence-electron chi connectivity index (χ2n) is 4.34. The predicted octanol–water partition coefficient (Wildman–Crippen LogP) is 2.03. The molecular formula is C13H16F2N2O. The number of nitrogens with two attached hydrogens (primary N) is 1. The minimum Gasteiger partial charge on any atom is -0.501 e. The normalized spacial score (nSPS) is 16.9. The highest BCUT2D eigenvalue weighted by molar-refractivity contribution is 5.22. The van der Waals surface area contributed by atoms with Crippen molar-refractivity contribution < 1.29 is 13.5 Å². The summed E-state index contributed by atoms with van der Waals surface area (Å²) in [5.41, 5.74) is 4.44. The second kappa shape index (κ2) is 5.93. The smallest absolute Gasteiger partial charge is 0.159 e. The van der Waals surface area contributed by atoms with Crippen molar-refractivity contribution in [3.63, 3.8) is 0 Å². The van der Waals surface area contributed by atoms with Gasteiger partial charge >= 0.3 is 0 Å². The van der Waals surface area contributed by atoms with E-state index in [0.717, 1.165) is 24.5 Å². The molecular weight excluding hydrogens is 238 g/mol. The number of halogens is 2. The maximum atomic E-state index is 13.1.